The van der Waals surface area contributed by atoms with Gasteiger partial charge in [0.15, 0.2) is 0 Å². The Morgan fingerprint density at radius 1 is 1.03 bits per heavy atom. The molecule has 0 bridgehead atoms. The van der Waals surface area contributed by atoms with E-state index in [-0.39, 0.29) is 18.6 Å². The van der Waals surface area contributed by atoms with Crippen LogP contribution in [0.4, 0.5) is 0 Å². The van der Waals surface area contributed by atoms with Crippen molar-refractivity contribution in [2.45, 2.75) is 38.2 Å². The second-order valence-electron chi connectivity index (χ2n) is 9.29. The largest absolute Gasteiger partial charge is 0.491 e. The Labute approximate surface area is 201 Å². The zero-order valence-electron chi connectivity index (χ0n) is 19.9. The van der Waals surface area contributed by atoms with Crippen LogP contribution in [-0.2, 0) is 19.7 Å². The van der Waals surface area contributed by atoms with E-state index >= 15 is 0 Å². The monoisotopic (exact) mass is 481 g/mol. The third-order valence-electron chi connectivity index (χ3n) is 6.33. The molecule has 6 nitrogen and oxygen atoms in total. The lowest BCUT2D eigenvalue weighted by molar-refractivity contribution is 0.0779. The van der Waals surface area contributed by atoms with E-state index in [1.165, 1.54) is 0 Å². The van der Waals surface area contributed by atoms with Gasteiger partial charge < -0.3 is 9.64 Å². The molecule has 0 saturated carbocycles. The van der Waals surface area contributed by atoms with Crippen molar-refractivity contribution in [3.63, 3.8) is 0 Å². The summed E-state index contributed by atoms with van der Waals surface area (Å²) in [6.07, 6.45) is 2.31. The molecule has 0 spiro atoms. The van der Waals surface area contributed by atoms with Gasteiger partial charge in [-0.05, 0) is 61.2 Å². The summed E-state index contributed by atoms with van der Waals surface area (Å²) in [4.78, 5) is 15.2. The van der Waals surface area contributed by atoms with Gasteiger partial charge >= 0.3 is 0 Å². The molecule has 180 valence electrons. The van der Waals surface area contributed by atoms with Crippen molar-refractivity contribution in [1.29, 1.82) is 0 Å². The predicted molar refractivity (Wildman–Crippen MR) is 134 cm³/mol. The van der Waals surface area contributed by atoms with Gasteiger partial charge in [-0.15, -0.1) is 0 Å². The van der Waals surface area contributed by atoms with E-state index in [4.69, 9.17) is 8.92 Å². The molecule has 1 atom stereocenters. The van der Waals surface area contributed by atoms with Gasteiger partial charge in [-0.3, -0.25) is 8.98 Å². The Hall–Kier alpha value is -2.90. The number of amides is 1. The van der Waals surface area contributed by atoms with Gasteiger partial charge in [0.1, 0.15) is 5.75 Å². The average molecular weight is 482 g/mol. The molecule has 0 radical (unpaired) electrons. The molecule has 0 aliphatic carbocycles. The summed E-state index contributed by atoms with van der Waals surface area (Å²) in [6.45, 7) is 5.05. The molecule has 1 amide bonds. The van der Waals surface area contributed by atoms with Gasteiger partial charge in [-0.1, -0.05) is 48.5 Å². The van der Waals surface area contributed by atoms with Crippen LogP contribution in [0.3, 0.4) is 0 Å². The zero-order chi connectivity index (χ0) is 24.3. The van der Waals surface area contributed by atoms with E-state index in [9.17, 15) is 13.2 Å². The molecule has 1 unspecified atom stereocenters. The summed E-state index contributed by atoms with van der Waals surface area (Å²) >= 11 is 0. The van der Waals surface area contributed by atoms with E-state index in [0.717, 1.165) is 29.0 Å². The van der Waals surface area contributed by atoms with Crippen molar-refractivity contribution in [1.82, 2.24) is 4.90 Å². The smallest absolute Gasteiger partial charge is 0.264 e. The molecule has 1 heterocycles. The number of hydrogen-bond donors (Lipinski definition) is 0. The summed E-state index contributed by atoms with van der Waals surface area (Å²) < 4.78 is 34.0. The molecule has 1 aliphatic heterocycles. The minimum atomic E-state index is -3.54. The van der Waals surface area contributed by atoms with Crippen LogP contribution in [0.5, 0.6) is 5.75 Å². The lowest BCUT2D eigenvalue weighted by Gasteiger charge is -2.30. The first kappa shape index (κ1) is 24.2. The van der Waals surface area contributed by atoms with Gasteiger partial charge in [0.2, 0.25) is 0 Å². The minimum absolute atomic E-state index is 0.0209. The van der Waals surface area contributed by atoms with Crippen LogP contribution in [0.1, 0.15) is 42.6 Å². The molecular weight excluding hydrogens is 450 g/mol. The second kappa shape index (κ2) is 9.76. The zero-order valence-corrected chi connectivity index (χ0v) is 20.7. The maximum absolute atomic E-state index is 13.4. The van der Waals surface area contributed by atoms with Crippen molar-refractivity contribution in [2.24, 2.45) is 0 Å². The van der Waals surface area contributed by atoms with Gasteiger partial charge in [-0.25, -0.2) is 0 Å². The Bertz CT molecular complexity index is 1290. The summed E-state index contributed by atoms with van der Waals surface area (Å²) in [5, 5.41) is 2.26. The maximum Gasteiger partial charge on any atom is 0.264 e. The second-order valence-corrected chi connectivity index (χ2v) is 10.9. The van der Waals surface area contributed by atoms with E-state index in [1.807, 2.05) is 43.0 Å². The van der Waals surface area contributed by atoms with E-state index in [2.05, 4.69) is 30.3 Å². The third-order valence-corrected chi connectivity index (χ3v) is 6.93. The van der Waals surface area contributed by atoms with Gasteiger partial charge in [-0.2, -0.15) is 8.42 Å². The normalized spacial score (nSPS) is 18.5. The highest BCUT2D eigenvalue weighted by atomic mass is 32.2. The van der Waals surface area contributed by atoms with Crippen LogP contribution in [0.15, 0.2) is 66.7 Å². The minimum Gasteiger partial charge on any atom is -0.491 e. The molecule has 1 saturated heterocycles. The predicted octanol–water partition coefficient (Wildman–Crippen LogP) is 4.78. The molecular formula is C27H31NO5S. The standard InChI is InChI=1S/C27H31NO5S/c1-20(2)33-25-10-6-9-23(18-25)26(29)28-15-13-27(19-28,14-16-32-34(3,30)31)24-12-11-21-7-4-5-8-22(21)17-24/h4-12,17-18,20H,13-16,19H2,1-3H3. The quantitative estimate of drug-likeness (QED) is 0.433. The summed E-state index contributed by atoms with van der Waals surface area (Å²) in [5.74, 6) is 0.614. The lowest BCUT2D eigenvalue weighted by Crippen LogP contribution is -2.35. The first-order valence-corrected chi connectivity index (χ1v) is 13.4. The molecule has 0 N–H and O–H groups in total. The third kappa shape index (κ3) is 5.59. The number of ether oxygens (including phenoxy) is 1. The number of rotatable bonds is 8. The first-order chi connectivity index (χ1) is 16.2. The van der Waals surface area contributed by atoms with Gasteiger partial charge in [0.05, 0.1) is 19.0 Å². The molecule has 7 heteroatoms. The number of likely N-dealkylation sites (tertiary alicyclic amines) is 1. The molecule has 0 aromatic heterocycles. The summed E-state index contributed by atoms with van der Waals surface area (Å²) in [5.41, 5.74) is 1.28. The number of fused-ring (bicyclic) bond motifs is 1. The highest BCUT2D eigenvalue weighted by Crippen LogP contribution is 2.40. The molecule has 3 aromatic rings. The number of carbonyl (C=O) groups is 1. The fourth-order valence-corrected chi connectivity index (χ4v) is 5.08. The molecule has 34 heavy (non-hydrogen) atoms. The van der Waals surface area contributed by atoms with Crippen LogP contribution < -0.4 is 4.74 Å². The molecule has 4 rings (SSSR count). The molecule has 1 fully saturated rings. The van der Waals surface area contributed by atoms with E-state index in [1.54, 1.807) is 12.1 Å². The Morgan fingerprint density at radius 2 is 1.79 bits per heavy atom. The Balaban J connectivity index is 1.61. The van der Waals surface area contributed by atoms with Crippen molar-refractivity contribution < 1.29 is 22.1 Å². The highest BCUT2D eigenvalue weighted by molar-refractivity contribution is 7.85. The Morgan fingerprint density at radius 3 is 2.53 bits per heavy atom. The summed E-state index contributed by atoms with van der Waals surface area (Å²) in [7, 11) is -3.54. The SMILES string of the molecule is CC(C)Oc1cccc(C(=O)N2CCC(CCOS(C)(=O)=O)(c3ccc4ccccc4c3)C2)c1. The number of benzene rings is 3. The van der Waals surface area contributed by atoms with Crippen molar-refractivity contribution in [2.75, 3.05) is 26.0 Å². The van der Waals surface area contributed by atoms with E-state index in [0.29, 0.717) is 30.8 Å². The van der Waals surface area contributed by atoms with Crippen molar-refractivity contribution in [3.8, 4) is 5.75 Å². The van der Waals surface area contributed by atoms with Crippen molar-refractivity contribution >= 4 is 26.8 Å². The lowest BCUT2D eigenvalue weighted by atomic mass is 9.76. The number of carbonyl (C=O) groups excluding carboxylic acids is 1. The van der Waals surface area contributed by atoms with E-state index < -0.39 is 15.5 Å². The maximum atomic E-state index is 13.4. The first-order valence-electron chi connectivity index (χ1n) is 11.5. The summed E-state index contributed by atoms with van der Waals surface area (Å²) in [6, 6.07) is 21.7. The van der Waals surface area contributed by atoms with Crippen LogP contribution >= 0.6 is 0 Å². The van der Waals surface area contributed by atoms with Gasteiger partial charge in [0, 0.05) is 24.1 Å². The number of hydrogen-bond acceptors (Lipinski definition) is 5. The average Bonchev–Trinajstić information content (AvgIpc) is 3.22. The van der Waals surface area contributed by atoms with Crippen molar-refractivity contribution in [3.05, 3.63) is 77.9 Å². The fourth-order valence-electron chi connectivity index (χ4n) is 4.69. The van der Waals surface area contributed by atoms with Gasteiger partial charge in [0.25, 0.3) is 16.0 Å². The topological polar surface area (TPSA) is 72.9 Å². The van der Waals surface area contributed by atoms with Crippen LogP contribution in [-0.4, -0.2) is 51.3 Å². The van der Waals surface area contributed by atoms with Crippen LogP contribution in [0.25, 0.3) is 10.8 Å². The number of nitrogens with zero attached hydrogens (tertiary/aromatic N) is 1. The van der Waals surface area contributed by atoms with Crippen LogP contribution in [0, 0.1) is 0 Å². The fraction of sp³-hybridized carbons (Fsp3) is 0.370. The molecule has 1 aliphatic rings. The highest BCUT2D eigenvalue weighted by Gasteiger charge is 2.41. The molecule has 3 aromatic carbocycles. The Kier molecular flexibility index (Phi) is 6.96. The van der Waals surface area contributed by atoms with Crippen LogP contribution in [0.2, 0.25) is 0 Å².